The molecule has 0 aromatic carbocycles. The van der Waals surface area contributed by atoms with Crippen LogP contribution in [0, 0.1) is 5.92 Å². The lowest BCUT2D eigenvalue weighted by Crippen LogP contribution is -2.38. The molecule has 78 valence electrons. The summed E-state index contributed by atoms with van der Waals surface area (Å²) in [5.41, 5.74) is -0.615. The quantitative estimate of drug-likeness (QED) is 0.568. The first-order valence-electron chi connectivity index (χ1n) is 5.17. The van der Waals surface area contributed by atoms with Crippen LogP contribution in [0.4, 0.5) is 0 Å². The molecule has 0 saturated heterocycles. The van der Waals surface area contributed by atoms with Crippen LogP contribution < -0.4 is 5.32 Å². The molecule has 0 aromatic rings. The van der Waals surface area contributed by atoms with Gasteiger partial charge in [-0.1, -0.05) is 6.92 Å². The zero-order valence-corrected chi connectivity index (χ0v) is 8.58. The van der Waals surface area contributed by atoms with Crippen LogP contribution in [0.1, 0.15) is 32.6 Å². The largest absolute Gasteiger partial charge is 0.392 e. The molecule has 3 N–H and O–H groups in total. The molecule has 1 rings (SSSR count). The summed E-state index contributed by atoms with van der Waals surface area (Å²) >= 11 is 0. The van der Waals surface area contributed by atoms with Gasteiger partial charge in [-0.3, -0.25) is 0 Å². The van der Waals surface area contributed by atoms with Gasteiger partial charge in [0.1, 0.15) is 0 Å². The van der Waals surface area contributed by atoms with Crippen LogP contribution in [0.2, 0.25) is 0 Å². The van der Waals surface area contributed by atoms with Crippen LogP contribution >= 0.6 is 0 Å². The minimum absolute atomic E-state index is 0.421. The van der Waals surface area contributed by atoms with E-state index in [1.54, 1.807) is 0 Å². The topological polar surface area (TPSA) is 52.5 Å². The van der Waals surface area contributed by atoms with Crippen LogP contribution in [0.25, 0.3) is 0 Å². The second kappa shape index (κ2) is 4.40. The first kappa shape index (κ1) is 11.0. The van der Waals surface area contributed by atoms with Gasteiger partial charge in [-0.05, 0) is 32.2 Å². The maximum atomic E-state index is 10.2. The first-order chi connectivity index (χ1) is 6.12. The van der Waals surface area contributed by atoms with Crippen molar-refractivity contribution in [2.24, 2.45) is 5.92 Å². The van der Waals surface area contributed by atoms with E-state index in [2.05, 4.69) is 5.32 Å². The number of hydrogen-bond donors (Lipinski definition) is 3. The molecule has 1 aliphatic rings. The zero-order valence-electron chi connectivity index (χ0n) is 8.58. The van der Waals surface area contributed by atoms with Crippen molar-refractivity contribution in [2.75, 3.05) is 13.6 Å². The van der Waals surface area contributed by atoms with Crippen LogP contribution in [-0.2, 0) is 0 Å². The summed E-state index contributed by atoms with van der Waals surface area (Å²) in [6.45, 7) is 2.56. The van der Waals surface area contributed by atoms with Crippen LogP contribution in [0.5, 0.6) is 0 Å². The fraction of sp³-hybridized carbons (Fsp3) is 1.00. The van der Waals surface area contributed by atoms with Crippen molar-refractivity contribution in [3.63, 3.8) is 0 Å². The molecular weight excluding hydrogens is 166 g/mol. The van der Waals surface area contributed by atoms with Gasteiger partial charge in [0, 0.05) is 13.0 Å². The van der Waals surface area contributed by atoms with E-state index in [4.69, 9.17) is 0 Å². The van der Waals surface area contributed by atoms with Gasteiger partial charge in [-0.15, -0.1) is 0 Å². The lowest BCUT2D eigenvalue weighted by atomic mass is 9.88. The van der Waals surface area contributed by atoms with E-state index in [-0.39, 0.29) is 0 Å². The Bertz CT molecular complexity index is 159. The predicted molar refractivity (Wildman–Crippen MR) is 52.5 cm³/mol. The second-order valence-electron chi connectivity index (χ2n) is 4.15. The van der Waals surface area contributed by atoms with Gasteiger partial charge < -0.3 is 15.5 Å². The van der Waals surface area contributed by atoms with E-state index >= 15 is 0 Å². The molecule has 0 aromatic heterocycles. The Labute approximate surface area is 80.2 Å². The van der Waals surface area contributed by atoms with E-state index in [0.717, 1.165) is 19.3 Å². The van der Waals surface area contributed by atoms with Gasteiger partial charge in [0.15, 0.2) is 0 Å². The molecule has 1 aliphatic carbocycles. The van der Waals surface area contributed by atoms with Crippen molar-refractivity contribution in [1.82, 2.24) is 5.32 Å². The van der Waals surface area contributed by atoms with Crippen molar-refractivity contribution in [3.05, 3.63) is 0 Å². The van der Waals surface area contributed by atoms with E-state index < -0.39 is 11.7 Å². The normalized spacial score (nSPS) is 24.0. The van der Waals surface area contributed by atoms with Gasteiger partial charge in [0.25, 0.3) is 0 Å². The summed E-state index contributed by atoms with van der Waals surface area (Å²) in [6, 6.07) is 0. The Hall–Kier alpha value is -0.120. The Morgan fingerprint density at radius 3 is 2.54 bits per heavy atom. The maximum Gasteiger partial charge on any atom is 0.0698 e. The number of hydrogen-bond acceptors (Lipinski definition) is 3. The lowest BCUT2D eigenvalue weighted by Gasteiger charge is -2.29. The van der Waals surface area contributed by atoms with E-state index in [1.165, 1.54) is 0 Å². The summed E-state index contributed by atoms with van der Waals surface area (Å²) < 4.78 is 0. The van der Waals surface area contributed by atoms with E-state index in [9.17, 15) is 10.2 Å². The summed E-state index contributed by atoms with van der Waals surface area (Å²) in [6.07, 6.45) is 3.08. The SMILES string of the molecule is CC[C@@](O)(C[C@@H](O)CNC)C1CC1. The van der Waals surface area contributed by atoms with Gasteiger partial charge in [0.05, 0.1) is 11.7 Å². The van der Waals surface area contributed by atoms with Gasteiger partial charge in [-0.25, -0.2) is 0 Å². The summed E-state index contributed by atoms with van der Waals surface area (Å²) in [7, 11) is 1.81. The fourth-order valence-corrected chi connectivity index (χ4v) is 1.94. The molecule has 13 heavy (non-hydrogen) atoms. The standard InChI is InChI=1S/C10H21NO2/c1-3-10(13,8-4-5-8)6-9(12)7-11-2/h8-9,11-13H,3-7H2,1-2H3/t9-,10-/m1/s1. The molecular formula is C10H21NO2. The smallest absolute Gasteiger partial charge is 0.0698 e. The molecule has 0 spiro atoms. The molecule has 0 amide bonds. The van der Waals surface area contributed by atoms with Crippen LogP contribution in [0.3, 0.4) is 0 Å². The van der Waals surface area contributed by atoms with E-state index in [0.29, 0.717) is 18.9 Å². The molecule has 0 bridgehead atoms. The molecule has 0 aliphatic heterocycles. The third kappa shape index (κ3) is 2.93. The van der Waals surface area contributed by atoms with Crippen molar-refractivity contribution in [1.29, 1.82) is 0 Å². The van der Waals surface area contributed by atoms with Crippen LogP contribution in [0.15, 0.2) is 0 Å². The Morgan fingerprint density at radius 1 is 1.54 bits per heavy atom. The van der Waals surface area contributed by atoms with E-state index in [1.807, 2.05) is 14.0 Å². The highest BCUT2D eigenvalue weighted by atomic mass is 16.3. The Morgan fingerprint density at radius 2 is 2.15 bits per heavy atom. The summed E-state index contributed by atoms with van der Waals surface area (Å²) in [5.74, 6) is 0.434. The predicted octanol–water partition coefficient (Wildman–Crippen LogP) is 0.508. The highest BCUT2D eigenvalue weighted by molar-refractivity contribution is 4.95. The summed E-state index contributed by atoms with van der Waals surface area (Å²) in [4.78, 5) is 0. The number of nitrogens with one attached hydrogen (secondary N) is 1. The highest BCUT2D eigenvalue weighted by Gasteiger charge is 2.43. The first-order valence-corrected chi connectivity index (χ1v) is 5.17. The molecule has 2 atom stereocenters. The van der Waals surface area contributed by atoms with Crippen molar-refractivity contribution >= 4 is 0 Å². The highest BCUT2D eigenvalue weighted by Crippen LogP contribution is 2.43. The van der Waals surface area contributed by atoms with Crippen molar-refractivity contribution < 1.29 is 10.2 Å². The maximum absolute atomic E-state index is 10.2. The molecule has 1 fully saturated rings. The van der Waals surface area contributed by atoms with Gasteiger partial charge in [0.2, 0.25) is 0 Å². The molecule has 1 saturated carbocycles. The molecule has 0 radical (unpaired) electrons. The number of likely N-dealkylation sites (N-methyl/N-ethyl adjacent to an activating group) is 1. The number of aliphatic hydroxyl groups is 2. The summed E-state index contributed by atoms with van der Waals surface area (Å²) in [5, 5.41) is 22.7. The third-order valence-corrected chi connectivity index (χ3v) is 2.98. The molecule has 3 nitrogen and oxygen atoms in total. The Balaban J connectivity index is 2.37. The molecule has 0 heterocycles. The minimum atomic E-state index is -0.615. The average molecular weight is 187 g/mol. The second-order valence-corrected chi connectivity index (χ2v) is 4.15. The third-order valence-electron chi connectivity index (χ3n) is 2.98. The number of rotatable bonds is 6. The molecule has 0 unspecified atom stereocenters. The zero-order chi connectivity index (χ0) is 9.90. The lowest BCUT2D eigenvalue weighted by molar-refractivity contribution is -0.0305. The van der Waals surface area contributed by atoms with Crippen molar-refractivity contribution in [2.45, 2.75) is 44.3 Å². The average Bonchev–Trinajstić information content (AvgIpc) is 2.86. The minimum Gasteiger partial charge on any atom is -0.392 e. The van der Waals surface area contributed by atoms with Gasteiger partial charge in [-0.2, -0.15) is 0 Å². The molecule has 3 heteroatoms. The monoisotopic (exact) mass is 187 g/mol. The fourth-order valence-electron chi connectivity index (χ4n) is 1.94. The Kier molecular flexibility index (Phi) is 3.71. The van der Waals surface area contributed by atoms with Gasteiger partial charge >= 0.3 is 0 Å². The van der Waals surface area contributed by atoms with Crippen LogP contribution in [-0.4, -0.2) is 35.5 Å². The number of aliphatic hydroxyl groups excluding tert-OH is 1. The van der Waals surface area contributed by atoms with Crippen molar-refractivity contribution in [3.8, 4) is 0 Å².